The minimum absolute atomic E-state index is 0.0393. The average molecular weight is 306 g/mol. The van der Waals surface area contributed by atoms with E-state index < -0.39 is 0 Å². The van der Waals surface area contributed by atoms with Crippen molar-refractivity contribution >= 4 is 11.6 Å². The van der Waals surface area contributed by atoms with Crippen molar-refractivity contribution in [1.29, 1.82) is 0 Å². The Balaban J connectivity index is 1.95. The molecule has 1 saturated heterocycles. The topological polar surface area (TPSA) is 70.6 Å². The maximum atomic E-state index is 12.1. The molecule has 1 aliphatic rings. The van der Waals surface area contributed by atoms with Crippen molar-refractivity contribution in [2.75, 3.05) is 38.2 Å². The van der Waals surface area contributed by atoms with Gasteiger partial charge in [-0.3, -0.25) is 4.79 Å². The van der Waals surface area contributed by atoms with Gasteiger partial charge < -0.3 is 20.5 Å². The number of aliphatic hydroxyl groups is 1. The van der Waals surface area contributed by atoms with Gasteiger partial charge in [0.15, 0.2) is 0 Å². The summed E-state index contributed by atoms with van der Waals surface area (Å²) in [6, 6.07) is 5.64. The molecule has 0 saturated carbocycles. The predicted molar refractivity (Wildman–Crippen MR) is 87.2 cm³/mol. The lowest BCUT2D eigenvalue weighted by molar-refractivity contribution is -0.128. The van der Waals surface area contributed by atoms with Gasteiger partial charge in [-0.1, -0.05) is 13.8 Å². The number of hydrogen-bond donors (Lipinski definition) is 3. The summed E-state index contributed by atoms with van der Waals surface area (Å²) in [5, 5.41) is 15.7. The van der Waals surface area contributed by atoms with E-state index in [9.17, 15) is 9.90 Å². The number of benzene rings is 1. The molecule has 122 valence electrons. The number of carbonyl (C=O) groups is 1. The molecule has 1 amide bonds. The Morgan fingerprint density at radius 3 is 2.64 bits per heavy atom. The van der Waals surface area contributed by atoms with Crippen LogP contribution in [0.3, 0.4) is 0 Å². The van der Waals surface area contributed by atoms with Crippen LogP contribution in [-0.2, 0) is 4.74 Å². The van der Waals surface area contributed by atoms with Gasteiger partial charge in [0.25, 0.3) is 5.91 Å². The van der Waals surface area contributed by atoms with Crippen LogP contribution in [0, 0.1) is 18.3 Å². The molecule has 1 aliphatic heterocycles. The van der Waals surface area contributed by atoms with Crippen molar-refractivity contribution in [1.82, 2.24) is 5.32 Å². The Hall–Kier alpha value is -1.59. The van der Waals surface area contributed by atoms with Crippen LogP contribution >= 0.6 is 0 Å². The summed E-state index contributed by atoms with van der Waals surface area (Å²) in [7, 11) is 0. The van der Waals surface area contributed by atoms with Crippen molar-refractivity contribution < 1.29 is 14.6 Å². The van der Waals surface area contributed by atoms with Crippen LogP contribution in [0.4, 0.5) is 5.69 Å². The molecule has 1 fully saturated rings. The summed E-state index contributed by atoms with van der Waals surface area (Å²) in [6.07, 6.45) is 0. The Bertz CT molecular complexity index is 519. The van der Waals surface area contributed by atoms with Gasteiger partial charge in [-0.05, 0) is 36.6 Å². The minimum Gasteiger partial charge on any atom is -0.396 e. The van der Waals surface area contributed by atoms with E-state index in [0.29, 0.717) is 37.8 Å². The van der Waals surface area contributed by atoms with Gasteiger partial charge >= 0.3 is 0 Å². The zero-order chi connectivity index (χ0) is 16.2. The standard InChI is InChI=1S/C17H26N2O3/c1-12(2)7-18-16(21)14-4-5-15(13(3)6-14)19-8-17(9-20)10-22-11-17/h4-6,12,19-20H,7-11H2,1-3H3,(H,18,21). The van der Waals surface area contributed by atoms with Crippen LogP contribution in [0.25, 0.3) is 0 Å². The van der Waals surface area contributed by atoms with E-state index in [0.717, 1.165) is 11.3 Å². The quantitative estimate of drug-likeness (QED) is 0.718. The third kappa shape index (κ3) is 3.99. The largest absolute Gasteiger partial charge is 0.396 e. The van der Waals surface area contributed by atoms with Crippen molar-refractivity contribution in [3.05, 3.63) is 29.3 Å². The molecule has 0 aliphatic carbocycles. The highest BCUT2D eigenvalue weighted by Crippen LogP contribution is 2.28. The normalized spacial score (nSPS) is 16.2. The summed E-state index contributed by atoms with van der Waals surface area (Å²) in [5.41, 5.74) is 2.51. The molecule has 0 radical (unpaired) electrons. The molecule has 0 atom stereocenters. The molecule has 5 heteroatoms. The summed E-state index contributed by atoms with van der Waals surface area (Å²) in [5.74, 6) is 0.396. The highest BCUT2D eigenvalue weighted by molar-refractivity contribution is 5.94. The summed E-state index contributed by atoms with van der Waals surface area (Å²) in [6.45, 7) is 8.76. The zero-order valence-electron chi connectivity index (χ0n) is 13.6. The molecule has 3 N–H and O–H groups in total. The monoisotopic (exact) mass is 306 g/mol. The number of anilines is 1. The molecule has 0 bridgehead atoms. The maximum absolute atomic E-state index is 12.1. The number of nitrogens with one attached hydrogen (secondary N) is 2. The lowest BCUT2D eigenvalue weighted by atomic mass is 9.87. The lowest BCUT2D eigenvalue weighted by Gasteiger charge is -2.40. The fourth-order valence-electron chi connectivity index (χ4n) is 2.32. The second-order valence-electron chi connectivity index (χ2n) is 6.64. The fraction of sp³-hybridized carbons (Fsp3) is 0.588. The number of hydrogen-bond acceptors (Lipinski definition) is 4. The summed E-state index contributed by atoms with van der Waals surface area (Å²) < 4.78 is 5.19. The molecule has 22 heavy (non-hydrogen) atoms. The Labute approximate surface area is 132 Å². The number of carbonyl (C=O) groups excluding carboxylic acids is 1. The van der Waals surface area contributed by atoms with Gasteiger partial charge in [0.1, 0.15) is 0 Å². The Morgan fingerprint density at radius 1 is 1.41 bits per heavy atom. The van der Waals surface area contributed by atoms with E-state index in [4.69, 9.17) is 4.74 Å². The predicted octanol–water partition coefficient (Wildman–Crippen LogP) is 1.80. The zero-order valence-corrected chi connectivity index (χ0v) is 13.6. The van der Waals surface area contributed by atoms with Gasteiger partial charge in [-0.2, -0.15) is 0 Å². The van der Waals surface area contributed by atoms with E-state index in [1.54, 1.807) is 0 Å². The number of aryl methyl sites for hydroxylation is 1. The summed E-state index contributed by atoms with van der Waals surface area (Å²) in [4.78, 5) is 12.1. The van der Waals surface area contributed by atoms with E-state index in [2.05, 4.69) is 24.5 Å². The van der Waals surface area contributed by atoms with Crippen molar-refractivity contribution in [2.24, 2.45) is 11.3 Å². The Morgan fingerprint density at radius 2 is 2.14 bits per heavy atom. The van der Waals surface area contributed by atoms with Crippen LogP contribution in [0.1, 0.15) is 29.8 Å². The fourth-order valence-corrected chi connectivity index (χ4v) is 2.32. The van der Waals surface area contributed by atoms with Crippen molar-refractivity contribution in [2.45, 2.75) is 20.8 Å². The van der Waals surface area contributed by atoms with Gasteiger partial charge in [0.05, 0.1) is 25.2 Å². The van der Waals surface area contributed by atoms with E-state index >= 15 is 0 Å². The second kappa shape index (κ2) is 7.11. The molecule has 0 spiro atoms. The lowest BCUT2D eigenvalue weighted by Crippen LogP contribution is -2.50. The summed E-state index contributed by atoms with van der Waals surface area (Å²) >= 11 is 0. The van der Waals surface area contributed by atoms with E-state index in [1.807, 2.05) is 25.1 Å². The number of amides is 1. The maximum Gasteiger partial charge on any atom is 0.251 e. The molecule has 1 aromatic carbocycles. The number of rotatable bonds is 7. The van der Waals surface area contributed by atoms with E-state index in [-0.39, 0.29) is 17.9 Å². The molecule has 0 aromatic heterocycles. The molecule has 5 nitrogen and oxygen atoms in total. The minimum atomic E-state index is -0.167. The molecule has 1 heterocycles. The highest BCUT2D eigenvalue weighted by atomic mass is 16.5. The molecular formula is C17H26N2O3. The van der Waals surface area contributed by atoms with Crippen molar-refractivity contribution in [3.8, 4) is 0 Å². The highest BCUT2D eigenvalue weighted by Gasteiger charge is 2.37. The van der Waals surface area contributed by atoms with Crippen molar-refractivity contribution in [3.63, 3.8) is 0 Å². The molecule has 1 aromatic rings. The van der Waals surface area contributed by atoms with Gasteiger partial charge in [0.2, 0.25) is 0 Å². The van der Waals surface area contributed by atoms with Crippen LogP contribution in [0.15, 0.2) is 18.2 Å². The van der Waals surface area contributed by atoms with Crippen LogP contribution < -0.4 is 10.6 Å². The second-order valence-corrected chi connectivity index (χ2v) is 6.64. The first-order valence-electron chi connectivity index (χ1n) is 7.77. The van der Waals surface area contributed by atoms with Gasteiger partial charge in [-0.25, -0.2) is 0 Å². The van der Waals surface area contributed by atoms with Crippen LogP contribution in [0.2, 0.25) is 0 Å². The SMILES string of the molecule is Cc1cc(C(=O)NCC(C)C)ccc1NCC1(CO)COC1. The van der Waals surface area contributed by atoms with E-state index in [1.165, 1.54) is 0 Å². The first-order valence-corrected chi connectivity index (χ1v) is 7.77. The molecule has 0 unspecified atom stereocenters. The molecular weight excluding hydrogens is 280 g/mol. The third-order valence-electron chi connectivity index (χ3n) is 3.97. The number of ether oxygens (including phenoxy) is 1. The van der Waals surface area contributed by atoms with Crippen LogP contribution in [0.5, 0.6) is 0 Å². The molecule has 2 rings (SSSR count). The number of aliphatic hydroxyl groups excluding tert-OH is 1. The average Bonchev–Trinajstić information content (AvgIpc) is 2.45. The first kappa shape index (κ1) is 16.8. The Kier molecular flexibility index (Phi) is 5.42. The van der Waals surface area contributed by atoms with Crippen LogP contribution in [-0.4, -0.2) is 43.9 Å². The van der Waals surface area contributed by atoms with Gasteiger partial charge in [0, 0.05) is 24.3 Å². The van der Waals surface area contributed by atoms with Gasteiger partial charge in [-0.15, -0.1) is 0 Å². The smallest absolute Gasteiger partial charge is 0.251 e. The first-order chi connectivity index (χ1) is 10.5. The third-order valence-corrected chi connectivity index (χ3v) is 3.97.